The van der Waals surface area contributed by atoms with E-state index in [0.717, 1.165) is 28.9 Å². The minimum atomic E-state index is -0.215. The molecule has 0 aliphatic heterocycles. The van der Waals surface area contributed by atoms with Gasteiger partial charge < -0.3 is 10.1 Å². The van der Waals surface area contributed by atoms with Gasteiger partial charge in [0.1, 0.15) is 16.8 Å². The van der Waals surface area contributed by atoms with Crippen molar-refractivity contribution in [2.75, 3.05) is 12.4 Å². The molecule has 0 saturated heterocycles. The third-order valence-electron chi connectivity index (χ3n) is 4.77. The maximum Gasteiger partial charge on any atom is 0.248 e. The molecule has 0 atom stereocenters. The molecule has 4 aromatic rings. The molecule has 30 heavy (non-hydrogen) atoms. The lowest BCUT2D eigenvalue weighted by molar-refractivity contribution is -0.111. The highest BCUT2D eigenvalue weighted by Crippen LogP contribution is 2.18. The van der Waals surface area contributed by atoms with Gasteiger partial charge in [-0.05, 0) is 66.1 Å². The molecule has 0 fully saturated rings. The zero-order valence-electron chi connectivity index (χ0n) is 16.9. The number of hydrogen-bond acceptors (Lipinski definition) is 4. The molecule has 4 rings (SSSR count). The predicted molar refractivity (Wildman–Crippen MR) is 119 cm³/mol. The van der Waals surface area contributed by atoms with E-state index >= 15 is 0 Å². The van der Waals surface area contributed by atoms with Gasteiger partial charge in [-0.3, -0.25) is 4.79 Å². The number of nitrogens with one attached hydrogen (secondary N) is 1. The van der Waals surface area contributed by atoms with Crippen LogP contribution in [-0.2, 0) is 11.2 Å². The van der Waals surface area contributed by atoms with Crippen LogP contribution in [0, 0.1) is 0 Å². The maximum atomic E-state index is 12.3. The molecule has 0 saturated carbocycles. The van der Waals surface area contributed by atoms with Crippen LogP contribution in [0.4, 0.5) is 5.69 Å². The Kier molecular flexibility index (Phi) is 5.57. The van der Waals surface area contributed by atoms with Crippen LogP contribution in [0.3, 0.4) is 0 Å². The minimum Gasteiger partial charge on any atom is -0.497 e. The highest BCUT2D eigenvalue weighted by Gasteiger charge is 2.07. The van der Waals surface area contributed by atoms with E-state index in [1.54, 1.807) is 18.0 Å². The number of hydrogen-bond donors (Lipinski definition) is 1. The Morgan fingerprint density at radius 3 is 2.43 bits per heavy atom. The van der Waals surface area contributed by atoms with E-state index in [-0.39, 0.29) is 5.91 Å². The summed E-state index contributed by atoms with van der Waals surface area (Å²) >= 11 is 0. The number of benzene rings is 3. The molecule has 0 radical (unpaired) electrons. The fourth-order valence-electron chi connectivity index (χ4n) is 3.04. The summed E-state index contributed by atoms with van der Waals surface area (Å²) in [5.74, 6) is 0.562. The molecule has 0 unspecified atom stereocenters. The molecular formula is C24H22N4O2. The molecule has 6 heteroatoms. The van der Waals surface area contributed by atoms with E-state index < -0.39 is 0 Å². The number of anilines is 1. The minimum absolute atomic E-state index is 0.215. The Bertz CT molecular complexity index is 1190. The summed E-state index contributed by atoms with van der Waals surface area (Å²) in [6.45, 7) is 2.12. The van der Waals surface area contributed by atoms with Crippen LogP contribution in [-0.4, -0.2) is 28.0 Å². The smallest absolute Gasteiger partial charge is 0.248 e. The van der Waals surface area contributed by atoms with Crippen LogP contribution in [0.5, 0.6) is 5.75 Å². The molecule has 150 valence electrons. The maximum absolute atomic E-state index is 12.3. The summed E-state index contributed by atoms with van der Waals surface area (Å²) in [6.07, 6.45) is 4.24. The van der Waals surface area contributed by atoms with E-state index in [9.17, 15) is 4.79 Å². The van der Waals surface area contributed by atoms with Crippen molar-refractivity contribution in [1.29, 1.82) is 0 Å². The van der Waals surface area contributed by atoms with Crippen LogP contribution < -0.4 is 10.1 Å². The average molecular weight is 398 g/mol. The summed E-state index contributed by atoms with van der Waals surface area (Å²) < 4.78 is 5.13. The Morgan fingerprint density at radius 1 is 1.00 bits per heavy atom. The van der Waals surface area contributed by atoms with Crippen molar-refractivity contribution in [2.45, 2.75) is 13.3 Å². The highest BCUT2D eigenvalue weighted by atomic mass is 16.5. The Labute approximate surface area is 174 Å². The van der Waals surface area contributed by atoms with Gasteiger partial charge in [0.25, 0.3) is 0 Å². The number of fused-ring (bicyclic) bond motifs is 1. The number of carbonyl (C=O) groups is 1. The first-order chi connectivity index (χ1) is 14.6. The lowest BCUT2D eigenvalue weighted by Gasteiger charge is -2.02. The van der Waals surface area contributed by atoms with Gasteiger partial charge in [0.2, 0.25) is 5.91 Å². The first kappa shape index (κ1) is 19.4. The third-order valence-corrected chi connectivity index (χ3v) is 4.77. The number of nitrogens with zero attached hydrogens (tertiary/aromatic N) is 3. The molecule has 0 aliphatic carbocycles. The Balaban J connectivity index is 1.47. The zero-order valence-corrected chi connectivity index (χ0v) is 16.9. The van der Waals surface area contributed by atoms with Gasteiger partial charge >= 0.3 is 0 Å². The lowest BCUT2D eigenvalue weighted by atomic mass is 10.2. The van der Waals surface area contributed by atoms with E-state index in [1.165, 1.54) is 11.6 Å². The quantitative estimate of drug-likeness (QED) is 0.480. The summed E-state index contributed by atoms with van der Waals surface area (Å²) in [7, 11) is 1.62. The fraction of sp³-hybridized carbons (Fsp3) is 0.125. The fourth-order valence-corrected chi connectivity index (χ4v) is 3.04. The molecule has 1 N–H and O–H groups in total. The van der Waals surface area contributed by atoms with E-state index in [4.69, 9.17) is 4.74 Å². The average Bonchev–Trinajstić information content (AvgIpc) is 3.21. The summed E-state index contributed by atoms with van der Waals surface area (Å²) in [5, 5.41) is 11.9. The zero-order chi connectivity index (χ0) is 20.9. The van der Waals surface area contributed by atoms with Crippen molar-refractivity contribution in [3.05, 3.63) is 83.9 Å². The molecule has 6 nitrogen and oxygen atoms in total. The summed E-state index contributed by atoms with van der Waals surface area (Å²) in [4.78, 5) is 13.9. The van der Waals surface area contributed by atoms with Gasteiger partial charge in [-0.25, -0.2) is 0 Å². The number of carbonyl (C=O) groups excluding carboxylic acids is 1. The van der Waals surface area contributed by atoms with Crippen LogP contribution in [0.15, 0.2) is 72.8 Å². The van der Waals surface area contributed by atoms with E-state index in [1.807, 2.05) is 54.6 Å². The van der Waals surface area contributed by atoms with Crippen LogP contribution in [0.1, 0.15) is 18.1 Å². The lowest BCUT2D eigenvalue weighted by Crippen LogP contribution is -2.07. The predicted octanol–water partition coefficient (Wildman–Crippen LogP) is 4.64. The summed E-state index contributed by atoms with van der Waals surface area (Å²) in [6, 6.07) is 21.1. The molecule has 1 heterocycles. The molecule has 3 aromatic carbocycles. The second-order valence-corrected chi connectivity index (χ2v) is 6.81. The monoisotopic (exact) mass is 398 g/mol. The molecule has 1 aromatic heterocycles. The second kappa shape index (κ2) is 8.61. The number of aryl methyl sites for hydroxylation is 1. The molecule has 0 bridgehead atoms. The number of methoxy groups -OCH3 is 1. The van der Waals surface area contributed by atoms with Crippen LogP contribution >= 0.6 is 0 Å². The van der Waals surface area contributed by atoms with Crippen molar-refractivity contribution >= 4 is 28.7 Å². The SMILES string of the molecule is CCc1ccc(-n2nc3ccc(NC(=O)/C=C/c4ccc(OC)cc4)cc3n2)cc1. The topological polar surface area (TPSA) is 69.0 Å². The van der Waals surface area contributed by atoms with Crippen molar-refractivity contribution < 1.29 is 9.53 Å². The molecule has 1 amide bonds. The van der Waals surface area contributed by atoms with Gasteiger partial charge in [0, 0.05) is 11.8 Å². The van der Waals surface area contributed by atoms with Gasteiger partial charge in [-0.1, -0.05) is 31.2 Å². The van der Waals surface area contributed by atoms with Gasteiger partial charge in [0.05, 0.1) is 12.8 Å². The van der Waals surface area contributed by atoms with Crippen LogP contribution in [0.25, 0.3) is 22.8 Å². The Morgan fingerprint density at radius 2 is 1.73 bits per heavy atom. The molecule has 0 spiro atoms. The Hall–Kier alpha value is -3.93. The van der Waals surface area contributed by atoms with Crippen LogP contribution in [0.2, 0.25) is 0 Å². The van der Waals surface area contributed by atoms with Gasteiger partial charge in [-0.2, -0.15) is 4.80 Å². The van der Waals surface area contributed by atoms with Crippen molar-refractivity contribution in [1.82, 2.24) is 15.0 Å². The summed E-state index contributed by atoms with van der Waals surface area (Å²) in [5.41, 5.74) is 5.23. The number of rotatable bonds is 6. The first-order valence-corrected chi connectivity index (χ1v) is 9.74. The molecule has 0 aliphatic rings. The van der Waals surface area contributed by atoms with Crippen molar-refractivity contribution in [3.63, 3.8) is 0 Å². The first-order valence-electron chi connectivity index (χ1n) is 9.74. The standard InChI is InChI=1S/C24H22N4O2/c1-3-17-4-10-20(11-5-17)28-26-22-14-9-19(16-23(22)27-28)25-24(29)15-8-18-6-12-21(30-2)13-7-18/h4-16H,3H2,1-2H3,(H,25,29)/b15-8+. The van der Waals surface area contributed by atoms with Gasteiger partial charge in [0.15, 0.2) is 0 Å². The second-order valence-electron chi connectivity index (χ2n) is 6.81. The van der Waals surface area contributed by atoms with E-state index in [0.29, 0.717) is 11.2 Å². The van der Waals surface area contributed by atoms with Gasteiger partial charge in [-0.15, -0.1) is 10.2 Å². The van der Waals surface area contributed by atoms with Crippen molar-refractivity contribution in [3.8, 4) is 11.4 Å². The largest absolute Gasteiger partial charge is 0.497 e. The third kappa shape index (κ3) is 4.38. The van der Waals surface area contributed by atoms with Crippen molar-refractivity contribution in [2.24, 2.45) is 0 Å². The number of amides is 1. The normalized spacial score (nSPS) is 11.1. The highest BCUT2D eigenvalue weighted by molar-refractivity contribution is 6.02. The van der Waals surface area contributed by atoms with E-state index in [2.05, 4.69) is 34.6 Å². The molecular weight excluding hydrogens is 376 g/mol. The number of ether oxygens (including phenoxy) is 1. The number of aromatic nitrogens is 3.